The molecule has 0 saturated carbocycles. The Balaban J connectivity index is 1.81. The first-order valence-electron chi connectivity index (χ1n) is 8.87. The lowest BCUT2D eigenvalue weighted by atomic mass is 10.3. The van der Waals surface area contributed by atoms with Gasteiger partial charge in [-0.05, 0) is 65.7 Å². The molecule has 0 aliphatic heterocycles. The van der Waals surface area contributed by atoms with Crippen molar-refractivity contribution in [3.8, 4) is 11.5 Å². The Hall–Kier alpha value is -2.13. The number of hydrogen-bond donors (Lipinski definition) is 0. The molecule has 2 rings (SSSR count). The highest BCUT2D eigenvalue weighted by Gasteiger charge is 2.20. The molecule has 1 atom stereocenters. The normalized spacial score (nSPS) is 12.3. The Morgan fingerprint density at radius 3 is 2.62 bits per heavy atom. The number of sulfone groups is 1. The first kappa shape index (κ1) is 23.2. The van der Waals surface area contributed by atoms with Crippen molar-refractivity contribution < 1.29 is 27.1 Å². The molecule has 0 radical (unpaired) electrons. The molecule has 1 unspecified atom stereocenters. The second kappa shape index (κ2) is 10.1. The van der Waals surface area contributed by atoms with Gasteiger partial charge in [-0.3, -0.25) is 4.79 Å². The Morgan fingerprint density at radius 1 is 1.24 bits per heavy atom. The van der Waals surface area contributed by atoms with E-state index in [1.165, 1.54) is 35.2 Å². The van der Waals surface area contributed by atoms with Crippen molar-refractivity contribution in [2.45, 2.75) is 24.3 Å². The molecule has 0 bridgehead atoms. The SMILES string of the molecule is CC(Oc1ccc(F)cc1Br)C(=O)N(C)CCCOc1cccc(S(C)(=O)=O)c1. The van der Waals surface area contributed by atoms with Crippen molar-refractivity contribution in [1.29, 1.82) is 0 Å². The molecule has 0 spiro atoms. The van der Waals surface area contributed by atoms with Gasteiger partial charge in [-0.25, -0.2) is 12.8 Å². The summed E-state index contributed by atoms with van der Waals surface area (Å²) < 4.78 is 47.9. The topological polar surface area (TPSA) is 72.9 Å². The number of halogens is 2. The first-order chi connectivity index (χ1) is 13.6. The number of benzene rings is 2. The van der Waals surface area contributed by atoms with Crippen molar-refractivity contribution in [3.63, 3.8) is 0 Å². The van der Waals surface area contributed by atoms with Gasteiger partial charge in [0.05, 0.1) is 16.0 Å². The van der Waals surface area contributed by atoms with Crippen molar-refractivity contribution >= 4 is 31.7 Å². The molecule has 1 amide bonds. The van der Waals surface area contributed by atoms with Crippen LogP contribution in [0.3, 0.4) is 0 Å². The number of ether oxygens (including phenoxy) is 2. The molecule has 29 heavy (non-hydrogen) atoms. The van der Waals surface area contributed by atoms with E-state index in [1.54, 1.807) is 26.1 Å². The number of amides is 1. The molecule has 6 nitrogen and oxygen atoms in total. The maximum atomic E-state index is 13.1. The Kier molecular flexibility index (Phi) is 8.04. The minimum atomic E-state index is -3.29. The monoisotopic (exact) mass is 487 g/mol. The van der Waals surface area contributed by atoms with E-state index >= 15 is 0 Å². The lowest BCUT2D eigenvalue weighted by Crippen LogP contribution is -2.38. The van der Waals surface area contributed by atoms with Crippen LogP contribution in [0.2, 0.25) is 0 Å². The zero-order chi connectivity index (χ0) is 21.6. The average molecular weight is 488 g/mol. The van der Waals surface area contributed by atoms with Crippen LogP contribution in [0.1, 0.15) is 13.3 Å². The van der Waals surface area contributed by atoms with E-state index in [0.717, 1.165) is 6.26 Å². The third kappa shape index (κ3) is 7.01. The van der Waals surface area contributed by atoms with Crippen LogP contribution in [0.15, 0.2) is 51.8 Å². The summed E-state index contributed by atoms with van der Waals surface area (Å²) in [4.78, 5) is 14.2. The summed E-state index contributed by atoms with van der Waals surface area (Å²) in [7, 11) is -1.63. The quantitative estimate of drug-likeness (QED) is 0.504. The number of nitrogens with zero attached hydrogens (tertiary/aromatic N) is 1. The van der Waals surface area contributed by atoms with Crippen LogP contribution in [0, 0.1) is 5.82 Å². The fourth-order valence-electron chi connectivity index (χ4n) is 2.52. The van der Waals surface area contributed by atoms with Crippen LogP contribution >= 0.6 is 15.9 Å². The van der Waals surface area contributed by atoms with E-state index in [-0.39, 0.29) is 10.8 Å². The van der Waals surface area contributed by atoms with Gasteiger partial charge in [0, 0.05) is 19.8 Å². The lowest BCUT2D eigenvalue weighted by molar-refractivity contribution is -0.136. The van der Waals surface area contributed by atoms with Crippen LogP contribution < -0.4 is 9.47 Å². The van der Waals surface area contributed by atoms with Crippen LogP contribution in [0.25, 0.3) is 0 Å². The van der Waals surface area contributed by atoms with E-state index in [4.69, 9.17) is 9.47 Å². The molecular weight excluding hydrogens is 465 g/mol. The molecule has 9 heteroatoms. The van der Waals surface area contributed by atoms with E-state index < -0.39 is 21.8 Å². The summed E-state index contributed by atoms with van der Waals surface area (Å²) >= 11 is 3.21. The third-order valence-electron chi connectivity index (χ3n) is 4.06. The Bertz CT molecular complexity index is 967. The number of carbonyl (C=O) groups excluding carboxylic acids is 1. The summed E-state index contributed by atoms with van der Waals surface area (Å²) in [6.07, 6.45) is 0.952. The van der Waals surface area contributed by atoms with E-state index in [1.807, 2.05) is 0 Å². The van der Waals surface area contributed by atoms with E-state index in [0.29, 0.717) is 35.5 Å². The largest absolute Gasteiger partial charge is 0.493 e. The van der Waals surface area contributed by atoms with Gasteiger partial charge in [0.1, 0.15) is 17.3 Å². The number of carbonyl (C=O) groups is 1. The van der Waals surface area contributed by atoms with E-state index in [9.17, 15) is 17.6 Å². The summed E-state index contributed by atoms with van der Waals surface area (Å²) in [5.74, 6) is 0.220. The molecular formula is C20H23BrFNO5S. The standard InChI is InChI=1S/C20H23BrFNO5S/c1-14(28-19-9-8-15(22)12-18(19)21)20(24)23(2)10-5-11-27-16-6-4-7-17(13-16)29(3,25)26/h4,6-9,12-14H,5,10-11H2,1-3H3. The molecule has 0 aromatic heterocycles. The second-order valence-electron chi connectivity index (χ2n) is 6.54. The minimum absolute atomic E-state index is 0.195. The number of rotatable bonds is 9. The van der Waals surface area contributed by atoms with Gasteiger partial charge in [0.25, 0.3) is 5.91 Å². The second-order valence-corrected chi connectivity index (χ2v) is 9.41. The van der Waals surface area contributed by atoms with Gasteiger partial charge in [0.2, 0.25) is 0 Å². The highest BCUT2D eigenvalue weighted by Crippen LogP contribution is 2.26. The molecule has 158 valence electrons. The number of hydrogen-bond acceptors (Lipinski definition) is 5. The van der Waals surface area contributed by atoms with Crippen molar-refractivity contribution in [3.05, 3.63) is 52.8 Å². The minimum Gasteiger partial charge on any atom is -0.493 e. The molecule has 0 heterocycles. The zero-order valence-electron chi connectivity index (χ0n) is 16.4. The molecule has 2 aromatic rings. The third-order valence-corrected chi connectivity index (χ3v) is 5.79. The summed E-state index contributed by atoms with van der Waals surface area (Å²) in [5, 5.41) is 0. The average Bonchev–Trinajstić information content (AvgIpc) is 2.66. The summed E-state index contributed by atoms with van der Waals surface area (Å²) in [6.45, 7) is 2.38. The molecule has 2 aromatic carbocycles. The predicted molar refractivity (Wildman–Crippen MR) is 111 cm³/mol. The maximum Gasteiger partial charge on any atom is 0.263 e. The van der Waals surface area contributed by atoms with E-state index in [2.05, 4.69) is 15.9 Å². The van der Waals surface area contributed by atoms with Gasteiger partial charge in [0.15, 0.2) is 15.9 Å². The maximum absolute atomic E-state index is 13.1. The van der Waals surface area contributed by atoms with Crippen molar-refractivity contribution in [2.75, 3.05) is 26.5 Å². The lowest BCUT2D eigenvalue weighted by Gasteiger charge is -2.22. The Morgan fingerprint density at radius 2 is 1.97 bits per heavy atom. The molecule has 0 N–H and O–H groups in total. The zero-order valence-corrected chi connectivity index (χ0v) is 18.8. The van der Waals surface area contributed by atoms with Gasteiger partial charge in [-0.2, -0.15) is 0 Å². The van der Waals surface area contributed by atoms with Gasteiger partial charge >= 0.3 is 0 Å². The first-order valence-corrected chi connectivity index (χ1v) is 11.6. The van der Waals surface area contributed by atoms with Gasteiger partial charge in [-0.15, -0.1) is 0 Å². The number of likely N-dealkylation sites (N-methyl/N-ethyl adjacent to an activating group) is 1. The van der Waals surface area contributed by atoms with Gasteiger partial charge < -0.3 is 14.4 Å². The van der Waals surface area contributed by atoms with Crippen LogP contribution in [-0.4, -0.2) is 51.8 Å². The van der Waals surface area contributed by atoms with Crippen LogP contribution in [0.5, 0.6) is 11.5 Å². The summed E-state index contributed by atoms with van der Waals surface area (Å²) in [5.41, 5.74) is 0. The highest BCUT2D eigenvalue weighted by atomic mass is 79.9. The van der Waals surface area contributed by atoms with Crippen molar-refractivity contribution in [2.24, 2.45) is 0 Å². The molecule has 0 aliphatic carbocycles. The van der Waals surface area contributed by atoms with Crippen LogP contribution in [0.4, 0.5) is 4.39 Å². The molecule has 0 saturated heterocycles. The van der Waals surface area contributed by atoms with Crippen molar-refractivity contribution in [1.82, 2.24) is 4.90 Å². The Labute approximate surface area is 178 Å². The highest BCUT2D eigenvalue weighted by molar-refractivity contribution is 9.10. The summed E-state index contributed by atoms with van der Waals surface area (Å²) in [6, 6.07) is 10.3. The van der Waals surface area contributed by atoms with Gasteiger partial charge in [-0.1, -0.05) is 6.07 Å². The molecule has 0 fully saturated rings. The fourth-order valence-corrected chi connectivity index (χ4v) is 3.62. The smallest absolute Gasteiger partial charge is 0.263 e. The van der Waals surface area contributed by atoms with Crippen LogP contribution in [-0.2, 0) is 14.6 Å². The molecule has 0 aliphatic rings. The predicted octanol–water partition coefficient (Wildman–Crippen LogP) is 3.69. The fraction of sp³-hybridized carbons (Fsp3) is 0.350.